The van der Waals surface area contributed by atoms with Crippen molar-refractivity contribution in [3.05, 3.63) is 41.7 Å². The number of ether oxygens (including phenoxy) is 1. The summed E-state index contributed by atoms with van der Waals surface area (Å²) in [4.78, 5) is 24.3. The second-order valence-corrected chi connectivity index (χ2v) is 7.03. The van der Waals surface area contributed by atoms with Crippen LogP contribution in [-0.2, 0) is 19.6 Å². The predicted molar refractivity (Wildman–Crippen MR) is 89.7 cm³/mol. The summed E-state index contributed by atoms with van der Waals surface area (Å²) in [5.41, 5.74) is 0.0552. The van der Waals surface area contributed by atoms with Crippen molar-refractivity contribution >= 4 is 33.4 Å². The summed E-state index contributed by atoms with van der Waals surface area (Å²) in [7, 11) is -3.57. The molecule has 0 fully saturated rings. The fourth-order valence-corrected chi connectivity index (χ4v) is 2.46. The van der Waals surface area contributed by atoms with Crippen LogP contribution in [0.5, 0.6) is 0 Å². The van der Waals surface area contributed by atoms with Crippen molar-refractivity contribution in [2.24, 2.45) is 0 Å². The van der Waals surface area contributed by atoms with Crippen molar-refractivity contribution in [3.63, 3.8) is 0 Å². The van der Waals surface area contributed by atoms with Crippen LogP contribution >= 0.6 is 0 Å². The van der Waals surface area contributed by atoms with E-state index in [9.17, 15) is 18.0 Å². The first-order valence-electron chi connectivity index (χ1n) is 7.17. The maximum atomic E-state index is 12.3. The predicted octanol–water partition coefficient (Wildman–Crippen LogP) is 1.54. The van der Waals surface area contributed by atoms with Gasteiger partial charge in [-0.15, -0.1) is 0 Å². The zero-order valence-corrected chi connectivity index (χ0v) is 14.6. The number of anilines is 2. The third-order valence-electron chi connectivity index (χ3n) is 2.97. The molecule has 1 aromatic heterocycles. The Morgan fingerprint density at radius 1 is 1.28 bits per heavy atom. The standard InChI is InChI=1S/C15H17N3O6S/c1-9-8-13(17-24-9)16-14(19)10(2)23-15(20)11-6-4-5-7-12(11)18-25(3,21)22/h4-8,10,18H,1-3H3,(H,16,17,19)/t10-/m1/s1. The van der Waals surface area contributed by atoms with Gasteiger partial charge >= 0.3 is 5.97 Å². The Morgan fingerprint density at radius 2 is 1.96 bits per heavy atom. The van der Waals surface area contributed by atoms with Crippen LogP contribution in [0, 0.1) is 6.92 Å². The third-order valence-corrected chi connectivity index (χ3v) is 3.57. The fraction of sp³-hybridized carbons (Fsp3) is 0.267. The summed E-state index contributed by atoms with van der Waals surface area (Å²) in [6, 6.07) is 7.43. The summed E-state index contributed by atoms with van der Waals surface area (Å²) in [5.74, 6) is -0.730. The van der Waals surface area contributed by atoms with Gasteiger partial charge in [-0.2, -0.15) is 0 Å². The van der Waals surface area contributed by atoms with Crippen molar-refractivity contribution in [2.75, 3.05) is 16.3 Å². The zero-order valence-electron chi connectivity index (χ0n) is 13.8. The molecule has 2 aromatic rings. The van der Waals surface area contributed by atoms with Crippen LogP contribution in [0.25, 0.3) is 0 Å². The van der Waals surface area contributed by atoms with Gasteiger partial charge in [-0.05, 0) is 26.0 Å². The molecule has 1 atom stereocenters. The summed E-state index contributed by atoms with van der Waals surface area (Å²) < 4.78 is 34.9. The number of para-hydroxylation sites is 1. The SMILES string of the molecule is Cc1cc(NC(=O)[C@@H](C)OC(=O)c2ccccc2NS(C)(=O)=O)no1. The summed E-state index contributed by atoms with van der Waals surface area (Å²) in [6.45, 7) is 3.05. The number of esters is 1. The van der Waals surface area contributed by atoms with Crippen molar-refractivity contribution in [1.82, 2.24) is 5.16 Å². The molecule has 0 saturated carbocycles. The number of sulfonamides is 1. The molecule has 0 aliphatic rings. The van der Waals surface area contributed by atoms with E-state index in [0.29, 0.717) is 5.76 Å². The lowest BCUT2D eigenvalue weighted by molar-refractivity contribution is -0.123. The number of hydrogen-bond acceptors (Lipinski definition) is 7. The normalized spacial score (nSPS) is 12.3. The Hall–Kier alpha value is -2.88. The maximum Gasteiger partial charge on any atom is 0.341 e. The molecule has 134 valence electrons. The van der Waals surface area contributed by atoms with Gasteiger partial charge in [0.15, 0.2) is 11.9 Å². The Bertz CT molecular complexity index is 890. The van der Waals surface area contributed by atoms with Gasteiger partial charge in [0.25, 0.3) is 5.91 Å². The monoisotopic (exact) mass is 367 g/mol. The quantitative estimate of drug-likeness (QED) is 0.741. The number of aromatic nitrogens is 1. The number of rotatable bonds is 6. The molecule has 2 rings (SSSR count). The number of nitrogens with zero attached hydrogens (tertiary/aromatic N) is 1. The molecule has 2 N–H and O–H groups in total. The van der Waals surface area contributed by atoms with Crippen LogP contribution in [0.2, 0.25) is 0 Å². The first-order valence-corrected chi connectivity index (χ1v) is 9.07. The minimum absolute atomic E-state index is 0.00939. The van der Waals surface area contributed by atoms with Crippen molar-refractivity contribution in [2.45, 2.75) is 20.0 Å². The highest BCUT2D eigenvalue weighted by molar-refractivity contribution is 7.92. The van der Waals surface area contributed by atoms with E-state index in [1.54, 1.807) is 19.1 Å². The number of carbonyl (C=O) groups is 2. The molecule has 0 saturated heterocycles. The van der Waals surface area contributed by atoms with E-state index < -0.39 is 28.0 Å². The average Bonchev–Trinajstić information content (AvgIpc) is 2.91. The van der Waals surface area contributed by atoms with E-state index in [2.05, 4.69) is 15.2 Å². The first-order chi connectivity index (χ1) is 11.7. The number of nitrogens with one attached hydrogen (secondary N) is 2. The number of hydrogen-bond donors (Lipinski definition) is 2. The second kappa shape index (κ2) is 7.34. The van der Waals surface area contributed by atoms with E-state index in [4.69, 9.17) is 9.26 Å². The van der Waals surface area contributed by atoms with Crippen LogP contribution in [0.3, 0.4) is 0 Å². The molecular weight excluding hydrogens is 350 g/mol. The highest BCUT2D eigenvalue weighted by Gasteiger charge is 2.22. The van der Waals surface area contributed by atoms with E-state index in [-0.39, 0.29) is 17.1 Å². The zero-order chi connectivity index (χ0) is 18.6. The van der Waals surface area contributed by atoms with Gasteiger partial charge in [0, 0.05) is 6.07 Å². The molecule has 0 unspecified atom stereocenters. The molecule has 1 amide bonds. The molecule has 25 heavy (non-hydrogen) atoms. The van der Waals surface area contributed by atoms with Crippen molar-refractivity contribution in [1.29, 1.82) is 0 Å². The Morgan fingerprint density at radius 3 is 2.56 bits per heavy atom. The lowest BCUT2D eigenvalue weighted by Gasteiger charge is -2.14. The van der Waals surface area contributed by atoms with E-state index in [1.807, 2.05) is 0 Å². The smallest absolute Gasteiger partial charge is 0.341 e. The molecule has 0 spiro atoms. The average molecular weight is 367 g/mol. The lowest BCUT2D eigenvalue weighted by atomic mass is 10.2. The van der Waals surface area contributed by atoms with Gasteiger partial charge in [-0.3, -0.25) is 9.52 Å². The molecular formula is C15H17N3O6S. The highest BCUT2D eigenvalue weighted by atomic mass is 32.2. The number of benzene rings is 1. The highest BCUT2D eigenvalue weighted by Crippen LogP contribution is 2.18. The van der Waals surface area contributed by atoms with Gasteiger partial charge in [-0.1, -0.05) is 17.3 Å². The van der Waals surface area contributed by atoms with Gasteiger partial charge in [0.1, 0.15) is 5.76 Å². The minimum Gasteiger partial charge on any atom is -0.449 e. The lowest BCUT2D eigenvalue weighted by Crippen LogP contribution is -2.30. The van der Waals surface area contributed by atoms with Crippen LogP contribution in [0.4, 0.5) is 11.5 Å². The van der Waals surface area contributed by atoms with Crippen LogP contribution < -0.4 is 10.0 Å². The topological polar surface area (TPSA) is 128 Å². The van der Waals surface area contributed by atoms with E-state index >= 15 is 0 Å². The molecule has 1 aromatic carbocycles. The molecule has 9 nitrogen and oxygen atoms in total. The van der Waals surface area contributed by atoms with Gasteiger partial charge in [0.05, 0.1) is 17.5 Å². The Labute approximate surface area is 144 Å². The van der Waals surface area contributed by atoms with Gasteiger partial charge in [0.2, 0.25) is 10.0 Å². The summed E-state index contributed by atoms with van der Waals surface area (Å²) in [6.07, 6.45) is -0.166. The summed E-state index contributed by atoms with van der Waals surface area (Å²) >= 11 is 0. The fourth-order valence-electron chi connectivity index (χ4n) is 1.88. The Kier molecular flexibility index (Phi) is 5.42. The molecule has 1 heterocycles. The van der Waals surface area contributed by atoms with Crippen LogP contribution in [0.15, 0.2) is 34.9 Å². The summed E-state index contributed by atoms with van der Waals surface area (Å²) in [5, 5.41) is 6.05. The molecule has 10 heteroatoms. The molecule has 0 radical (unpaired) electrons. The van der Waals surface area contributed by atoms with Crippen molar-refractivity contribution in [3.8, 4) is 0 Å². The largest absolute Gasteiger partial charge is 0.449 e. The Balaban J connectivity index is 2.07. The van der Waals surface area contributed by atoms with Gasteiger partial charge < -0.3 is 14.6 Å². The number of amides is 1. The third kappa shape index (κ3) is 5.31. The maximum absolute atomic E-state index is 12.3. The van der Waals surface area contributed by atoms with E-state index in [1.165, 1.54) is 25.1 Å². The van der Waals surface area contributed by atoms with E-state index in [0.717, 1.165) is 6.26 Å². The minimum atomic E-state index is -3.57. The molecule has 0 aliphatic heterocycles. The van der Waals surface area contributed by atoms with Crippen LogP contribution in [-0.4, -0.2) is 37.8 Å². The second-order valence-electron chi connectivity index (χ2n) is 5.28. The molecule has 0 aliphatic carbocycles. The van der Waals surface area contributed by atoms with Gasteiger partial charge in [-0.25, -0.2) is 13.2 Å². The molecule has 0 bridgehead atoms. The van der Waals surface area contributed by atoms with Crippen LogP contribution in [0.1, 0.15) is 23.0 Å². The number of carbonyl (C=O) groups excluding carboxylic acids is 2. The number of aryl methyl sites for hydroxylation is 1. The first kappa shape index (κ1) is 18.5. The van der Waals surface area contributed by atoms with Crippen molar-refractivity contribution < 1.29 is 27.3 Å².